The first kappa shape index (κ1) is 31.6. The highest BCUT2D eigenvalue weighted by Gasteiger charge is 2.57. The van der Waals surface area contributed by atoms with E-state index in [0.717, 1.165) is 82.9 Å². The second-order valence-electron chi connectivity index (χ2n) is 13.5. The molecule has 234 valence electrons. The predicted octanol–water partition coefficient (Wildman–Crippen LogP) is 7.43. The van der Waals surface area contributed by atoms with Crippen molar-refractivity contribution in [3.63, 3.8) is 0 Å². The number of nitrogens with zero attached hydrogens (tertiary/aromatic N) is 1. The smallest absolute Gasteiger partial charge is 0.248 e. The number of carbonyl (C=O) groups excluding carboxylic acids is 2. The van der Waals surface area contributed by atoms with Crippen LogP contribution in [0.3, 0.4) is 0 Å². The van der Waals surface area contributed by atoms with E-state index in [1.165, 1.54) is 16.7 Å². The van der Waals surface area contributed by atoms with Crippen molar-refractivity contribution in [1.82, 2.24) is 4.90 Å². The molecule has 2 aromatic carbocycles. The van der Waals surface area contributed by atoms with E-state index in [1.807, 2.05) is 19.2 Å². The van der Waals surface area contributed by atoms with Crippen molar-refractivity contribution in [1.29, 1.82) is 0 Å². The second-order valence-corrected chi connectivity index (χ2v) is 13.5. The quantitative estimate of drug-likeness (QED) is 0.232. The first-order valence-electron chi connectivity index (χ1n) is 16.7. The Labute approximate surface area is 258 Å². The number of Topliss-reactive ketones (excluding diaryl/α,β-unsaturated/α-hetero) is 1. The van der Waals surface area contributed by atoms with Crippen LogP contribution in [0.25, 0.3) is 0 Å². The lowest BCUT2D eigenvalue weighted by atomic mass is 9.51. The molecule has 6 nitrogen and oxygen atoms in total. The van der Waals surface area contributed by atoms with Crippen molar-refractivity contribution in [2.45, 2.75) is 96.3 Å². The summed E-state index contributed by atoms with van der Waals surface area (Å²) in [6, 6.07) is 14.6. The molecule has 1 amide bonds. The lowest BCUT2D eigenvalue weighted by Gasteiger charge is -2.52. The summed E-state index contributed by atoms with van der Waals surface area (Å²) in [4.78, 5) is 27.0. The summed E-state index contributed by atoms with van der Waals surface area (Å²) < 4.78 is 11.7. The average molecular weight is 590 g/mol. The van der Waals surface area contributed by atoms with Crippen LogP contribution in [0, 0.1) is 17.3 Å². The van der Waals surface area contributed by atoms with Crippen molar-refractivity contribution in [2.75, 3.05) is 33.4 Å². The van der Waals surface area contributed by atoms with Crippen LogP contribution >= 0.6 is 0 Å². The molecular weight excluding hydrogens is 538 g/mol. The van der Waals surface area contributed by atoms with Gasteiger partial charge in [0.05, 0.1) is 6.61 Å². The van der Waals surface area contributed by atoms with Gasteiger partial charge in [-0.1, -0.05) is 44.9 Å². The molecule has 0 aliphatic heterocycles. The van der Waals surface area contributed by atoms with Gasteiger partial charge in [0.25, 0.3) is 0 Å². The molecular formula is C37H51NO5. The molecule has 0 saturated heterocycles. The minimum atomic E-state index is -0.235. The molecule has 0 heterocycles. The third-order valence-corrected chi connectivity index (χ3v) is 10.7. The second kappa shape index (κ2) is 14.3. The number of hydrogen-bond donors (Lipinski definition) is 1. The van der Waals surface area contributed by atoms with Gasteiger partial charge in [0.15, 0.2) is 0 Å². The topological polar surface area (TPSA) is 76.1 Å². The predicted molar refractivity (Wildman–Crippen MR) is 170 cm³/mol. The Balaban J connectivity index is 1.11. The van der Waals surface area contributed by atoms with Crippen LogP contribution in [-0.2, 0) is 20.7 Å². The van der Waals surface area contributed by atoms with E-state index in [2.05, 4.69) is 44.2 Å². The number of likely N-dealkylation sites (N-methyl/N-ethyl adjacent to an activating group) is 1. The number of carbonyl (C=O) groups is 2. The van der Waals surface area contributed by atoms with E-state index in [9.17, 15) is 14.7 Å². The van der Waals surface area contributed by atoms with E-state index in [1.54, 1.807) is 4.90 Å². The molecule has 5 rings (SSSR count). The number of phenolic OH excluding ortho intramolecular Hbond substituents is 1. The van der Waals surface area contributed by atoms with Gasteiger partial charge in [0.2, 0.25) is 5.91 Å². The summed E-state index contributed by atoms with van der Waals surface area (Å²) in [7, 11) is 1.84. The molecule has 3 aliphatic rings. The Morgan fingerprint density at radius 2 is 1.77 bits per heavy atom. The highest BCUT2D eigenvalue weighted by molar-refractivity contribution is 5.87. The van der Waals surface area contributed by atoms with Crippen molar-refractivity contribution >= 4 is 11.7 Å². The van der Waals surface area contributed by atoms with Crippen molar-refractivity contribution in [3.05, 3.63) is 59.2 Å². The molecule has 43 heavy (non-hydrogen) atoms. The largest absolute Gasteiger partial charge is 0.508 e. The minimum absolute atomic E-state index is 0.0606. The Hall–Kier alpha value is -2.86. The monoisotopic (exact) mass is 589 g/mol. The normalized spacial score (nSPS) is 26.0. The molecule has 2 aromatic rings. The number of ether oxygens (including phenoxy) is 2. The lowest BCUT2D eigenvalue weighted by Crippen LogP contribution is -2.45. The van der Waals surface area contributed by atoms with Gasteiger partial charge in [-0.3, -0.25) is 9.59 Å². The van der Waals surface area contributed by atoms with Gasteiger partial charge >= 0.3 is 0 Å². The Morgan fingerprint density at radius 3 is 2.53 bits per heavy atom. The SMILES string of the molecule is CCCCN(C)C(=O)COCCCCCCOc1ccc([C@H]2C[C@]3(C)C(=O)CC[C@H]3[C@@H]3CCc4cc(O)ccc4[C@H]32)cc1. The molecule has 0 radical (unpaired) electrons. The molecule has 1 N–H and O–H groups in total. The van der Waals surface area contributed by atoms with E-state index >= 15 is 0 Å². The van der Waals surface area contributed by atoms with Crippen LogP contribution in [0.2, 0.25) is 0 Å². The number of hydrogen-bond acceptors (Lipinski definition) is 5. The molecule has 5 atom stereocenters. The third-order valence-electron chi connectivity index (χ3n) is 10.7. The Bertz CT molecular complexity index is 1240. The fourth-order valence-corrected chi connectivity index (χ4v) is 8.24. The van der Waals surface area contributed by atoms with Crippen LogP contribution in [0.1, 0.15) is 107 Å². The van der Waals surface area contributed by atoms with E-state index in [4.69, 9.17) is 9.47 Å². The maximum atomic E-state index is 13.2. The molecule has 3 aliphatic carbocycles. The fourth-order valence-electron chi connectivity index (χ4n) is 8.24. The number of unbranched alkanes of at least 4 members (excludes halogenated alkanes) is 4. The highest BCUT2D eigenvalue weighted by atomic mass is 16.5. The first-order chi connectivity index (χ1) is 20.8. The summed E-state index contributed by atoms with van der Waals surface area (Å²) >= 11 is 0. The summed E-state index contributed by atoms with van der Waals surface area (Å²) in [6.07, 6.45) is 10.9. The molecule has 0 aromatic heterocycles. The molecule has 0 unspecified atom stereocenters. The molecule has 2 fully saturated rings. The standard InChI is InChI=1S/C37H51NO5/c1-4-5-20-38(3)35(41)25-42-21-8-6-7-9-22-43-29-14-10-26(11-15-29)32-24-37(2)33(18-19-34(37)40)31-16-12-27-23-28(39)13-17-30(27)36(31)32/h10-11,13-15,17,23,31-33,36,39H,4-9,12,16,18-22,24-25H2,1-3H3/t31-,32+,33-,36+,37-/m0/s1. The summed E-state index contributed by atoms with van der Waals surface area (Å²) in [5, 5.41) is 10.2. The van der Waals surface area contributed by atoms with Gasteiger partial charge < -0.3 is 19.5 Å². The number of fused-ring (bicyclic) bond motifs is 5. The number of aryl methyl sites for hydroxylation is 1. The van der Waals surface area contributed by atoms with Gasteiger partial charge in [-0.15, -0.1) is 0 Å². The van der Waals surface area contributed by atoms with Crippen LogP contribution in [0.5, 0.6) is 11.5 Å². The van der Waals surface area contributed by atoms with Crippen LogP contribution in [-0.4, -0.2) is 55.1 Å². The maximum Gasteiger partial charge on any atom is 0.248 e. The van der Waals surface area contributed by atoms with Crippen molar-refractivity contribution in [2.24, 2.45) is 17.3 Å². The van der Waals surface area contributed by atoms with Crippen molar-refractivity contribution in [3.8, 4) is 11.5 Å². The zero-order valence-corrected chi connectivity index (χ0v) is 26.5. The third kappa shape index (κ3) is 7.11. The molecule has 2 saturated carbocycles. The van der Waals surface area contributed by atoms with Crippen LogP contribution < -0.4 is 4.74 Å². The zero-order chi connectivity index (χ0) is 30.4. The summed E-state index contributed by atoms with van der Waals surface area (Å²) in [5.74, 6) is 3.36. The maximum absolute atomic E-state index is 13.2. The van der Waals surface area contributed by atoms with Gasteiger partial charge in [0.1, 0.15) is 23.9 Å². The fraction of sp³-hybridized carbons (Fsp3) is 0.622. The van der Waals surface area contributed by atoms with Crippen LogP contribution in [0.15, 0.2) is 42.5 Å². The number of phenols is 1. The Morgan fingerprint density at radius 1 is 1.00 bits per heavy atom. The van der Waals surface area contributed by atoms with Gasteiger partial charge in [-0.25, -0.2) is 0 Å². The number of aromatic hydroxyl groups is 1. The van der Waals surface area contributed by atoms with E-state index in [0.29, 0.717) is 42.5 Å². The van der Waals surface area contributed by atoms with Gasteiger partial charge in [-0.2, -0.15) is 0 Å². The zero-order valence-electron chi connectivity index (χ0n) is 26.5. The first-order valence-corrected chi connectivity index (χ1v) is 16.7. The van der Waals surface area contributed by atoms with E-state index < -0.39 is 0 Å². The van der Waals surface area contributed by atoms with E-state index in [-0.39, 0.29) is 23.8 Å². The summed E-state index contributed by atoms with van der Waals surface area (Å²) in [6.45, 7) is 6.63. The molecule has 0 bridgehead atoms. The Kier molecular flexibility index (Phi) is 10.5. The molecule has 0 spiro atoms. The number of rotatable bonds is 14. The minimum Gasteiger partial charge on any atom is -0.508 e. The molecule has 6 heteroatoms. The highest BCUT2D eigenvalue weighted by Crippen LogP contribution is 2.64. The number of ketones is 1. The van der Waals surface area contributed by atoms with Gasteiger partial charge in [-0.05, 0) is 116 Å². The number of benzene rings is 2. The lowest BCUT2D eigenvalue weighted by molar-refractivity contribution is -0.135. The van der Waals surface area contributed by atoms with Crippen LogP contribution in [0.4, 0.5) is 0 Å². The van der Waals surface area contributed by atoms with Crippen molar-refractivity contribution < 1.29 is 24.2 Å². The van der Waals surface area contributed by atoms with Gasteiger partial charge in [0, 0.05) is 32.0 Å². The average Bonchev–Trinajstić information content (AvgIpc) is 3.32. The number of amides is 1. The summed E-state index contributed by atoms with van der Waals surface area (Å²) in [5.41, 5.74) is 3.70.